The van der Waals surface area contributed by atoms with E-state index in [1.165, 1.54) is 10.7 Å². The van der Waals surface area contributed by atoms with Gasteiger partial charge in [-0.1, -0.05) is 6.07 Å². The molecule has 6 nitrogen and oxygen atoms in total. The van der Waals surface area contributed by atoms with Crippen LogP contribution < -0.4 is 5.32 Å². The first kappa shape index (κ1) is 12.5. The smallest absolute Gasteiger partial charge is 0.375 e. The number of aromatic nitrogens is 3. The van der Waals surface area contributed by atoms with Gasteiger partial charge >= 0.3 is 5.97 Å². The van der Waals surface area contributed by atoms with Gasteiger partial charge in [-0.25, -0.2) is 18.3 Å². The minimum Gasteiger partial charge on any atom is -0.475 e. The summed E-state index contributed by atoms with van der Waals surface area (Å²) in [6, 6.07) is 3.22. The maximum absolute atomic E-state index is 13.3. The molecule has 2 heterocycles. The van der Waals surface area contributed by atoms with Crippen LogP contribution in [0.5, 0.6) is 0 Å². The van der Waals surface area contributed by atoms with E-state index in [9.17, 15) is 13.6 Å². The Morgan fingerprint density at radius 2 is 2.20 bits per heavy atom. The van der Waals surface area contributed by atoms with Crippen LogP contribution in [0.15, 0.2) is 18.2 Å². The summed E-state index contributed by atoms with van der Waals surface area (Å²) >= 11 is 0. The maximum Gasteiger partial charge on any atom is 0.375 e. The molecular weight excluding hydrogens is 270 g/mol. The summed E-state index contributed by atoms with van der Waals surface area (Å²) in [6.45, 7) is 0.543. The Balaban J connectivity index is 2.04. The van der Waals surface area contributed by atoms with Gasteiger partial charge < -0.3 is 10.4 Å². The summed E-state index contributed by atoms with van der Waals surface area (Å²) in [5.74, 6) is -3.13. The highest BCUT2D eigenvalue weighted by molar-refractivity contribution is 5.83. The Kier molecular flexibility index (Phi) is 2.85. The lowest BCUT2D eigenvalue weighted by Crippen LogP contribution is -2.25. The van der Waals surface area contributed by atoms with Crippen LogP contribution in [0, 0.1) is 11.6 Å². The fourth-order valence-corrected chi connectivity index (χ4v) is 2.22. The molecule has 0 saturated carbocycles. The van der Waals surface area contributed by atoms with Crippen molar-refractivity contribution in [3.05, 3.63) is 41.2 Å². The summed E-state index contributed by atoms with van der Waals surface area (Å²) in [6.07, 6.45) is 0.570. The molecule has 20 heavy (non-hydrogen) atoms. The molecule has 2 N–H and O–H groups in total. The Morgan fingerprint density at radius 3 is 2.90 bits per heavy atom. The van der Waals surface area contributed by atoms with E-state index in [0.717, 1.165) is 12.1 Å². The van der Waals surface area contributed by atoms with Crippen molar-refractivity contribution < 1.29 is 18.7 Å². The number of benzene rings is 1. The fraction of sp³-hybridized carbons (Fsp3) is 0.250. The van der Waals surface area contributed by atoms with Crippen LogP contribution in [0.2, 0.25) is 0 Å². The number of fused-ring (bicyclic) bond motifs is 1. The van der Waals surface area contributed by atoms with Crippen molar-refractivity contribution >= 4 is 11.9 Å². The number of aromatic carboxylic acids is 1. The molecule has 0 bridgehead atoms. The molecule has 104 valence electrons. The first-order valence-electron chi connectivity index (χ1n) is 5.95. The highest BCUT2D eigenvalue weighted by Gasteiger charge is 2.26. The largest absolute Gasteiger partial charge is 0.475 e. The van der Waals surface area contributed by atoms with Crippen molar-refractivity contribution in [2.45, 2.75) is 12.5 Å². The molecule has 0 aliphatic carbocycles. The summed E-state index contributed by atoms with van der Waals surface area (Å²) in [5.41, 5.74) is 0.522. The van der Waals surface area contributed by atoms with Crippen molar-refractivity contribution in [1.82, 2.24) is 14.8 Å². The molecule has 1 unspecified atom stereocenters. The molecule has 8 heteroatoms. The second-order valence-corrected chi connectivity index (χ2v) is 4.41. The number of anilines is 1. The highest BCUT2D eigenvalue weighted by atomic mass is 19.2. The lowest BCUT2D eigenvalue weighted by atomic mass is 10.0. The Hall–Kier alpha value is -2.51. The number of nitrogens with zero attached hydrogens (tertiary/aromatic N) is 3. The van der Waals surface area contributed by atoms with E-state index in [1.54, 1.807) is 0 Å². The molecule has 0 spiro atoms. The van der Waals surface area contributed by atoms with Gasteiger partial charge in [0.1, 0.15) is 0 Å². The predicted molar refractivity (Wildman–Crippen MR) is 64.6 cm³/mol. The van der Waals surface area contributed by atoms with E-state index in [4.69, 9.17) is 5.11 Å². The Morgan fingerprint density at radius 1 is 1.40 bits per heavy atom. The highest BCUT2D eigenvalue weighted by Crippen LogP contribution is 2.29. The van der Waals surface area contributed by atoms with E-state index in [1.807, 2.05) is 0 Å². The molecule has 1 atom stereocenters. The van der Waals surface area contributed by atoms with Gasteiger partial charge in [-0.05, 0) is 24.1 Å². The molecule has 1 aromatic carbocycles. The molecule has 2 aromatic rings. The summed E-state index contributed by atoms with van der Waals surface area (Å²) in [7, 11) is 0. The van der Waals surface area contributed by atoms with Gasteiger partial charge in [0.05, 0.1) is 6.04 Å². The monoisotopic (exact) mass is 280 g/mol. The molecule has 1 aliphatic rings. The quantitative estimate of drug-likeness (QED) is 0.874. The second-order valence-electron chi connectivity index (χ2n) is 4.41. The first-order valence-corrected chi connectivity index (χ1v) is 5.95. The van der Waals surface area contributed by atoms with E-state index in [0.29, 0.717) is 24.5 Å². The Labute approximate surface area is 112 Å². The van der Waals surface area contributed by atoms with Gasteiger partial charge in [-0.2, -0.15) is 4.98 Å². The summed E-state index contributed by atoms with van der Waals surface area (Å²) in [4.78, 5) is 14.7. The van der Waals surface area contributed by atoms with Gasteiger partial charge in [0.25, 0.3) is 5.82 Å². The number of carboxylic acids is 1. The number of carbonyl (C=O) groups is 1. The molecule has 0 fully saturated rings. The average molecular weight is 280 g/mol. The third kappa shape index (κ3) is 1.98. The van der Waals surface area contributed by atoms with E-state index in [-0.39, 0.29) is 11.9 Å². The summed E-state index contributed by atoms with van der Waals surface area (Å²) in [5, 5.41) is 15.7. The molecule has 0 amide bonds. The molecule has 0 radical (unpaired) electrons. The van der Waals surface area contributed by atoms with E-state index < -0.39 is 17.6 Å². The minimum atomic E-state index is -1.24. The summed E-state index contributed by atoms with van der Waals surface area (Å²) < 4.78 is 27.7. The van der Waals surface area contributed by atoms with Crippen molar-refractivity contribution in [3.63, 3.8) is 0 Å². The number of nitrogens with one attached hydrogen (secondary N) is 1. The predicted octanol–water partition coefficient (Wildman–Crippen LogP) is 1.66. The van der Waals surface area contributed by atoms with Crippen LogP contribution >= 0.6 is 0 Å². The van der Waals surface area contributed by atoms with Gasteiger partial charge in [-0.15, -0.1) is 5.10 Å². The first-order chi connectivity index (χ1) is 9.56. The van der Waals surface area contributed by atoms with E-state index >= 15 is 0 Å². The van der Waals surface area contributed by atoms with Crippen molar-refractivity contribution in [1.29, 1.82) is 0 Å². The van der Waals surface area contributed by atoms with Crippen molar-refractivity contribution in [2.75, 3.05) is 11.9 Å². The normalized spacial score (nSPS) is 17.4. The van der Waals surface area contributed by atoms with Gasteiger partial charge in [0, 0.05) is 6.54 Å². The minimum absolute atomic E-state index is 0.309. The number of rotatable bonds is 2. The number of carboxylic acid groups (broad SMARTS) is 1. The number of hydrogen-bond acceptors (Lipinski definition) is 4. The number of halogens is 2. The van der Waals surface area contributed by atoms with E-state index in [2.05, 4.69) is 15.4 Å². The molecular formula is C12H10F2N4O2. The van der Waals surface area contributed by atoms with Gasteiger partial charge in [0.2, 0.25) is 5.95 Å². The number of hydrogen-bond donors (Lipinski definition) is 2. The van der Waals surface area contributed by atoms with Gasteiger partial charge in [0.15, 0.2) is 11.6 Å². The molecule has 1 aromatic heterocycles. The van der Waals surface area contributed by atoms with Crippen LogP contribution in [0.3, 0.4) is 0 Å². The Bertz CT molecular complexity index is 686. The van der Waals surface area contributed by atoms with Gasteiger partial charge in [-0.3, -0.25) is 0 Å². The molecule has 0 saturated heterocycles. The zero-order valence-corrected chi connectivity index (χ0v) is 10.2. The zero-order chi connectivity index (χ0) is 14.3. The standard InChI is InChI=1S/C12H10F2N4O2/c13-7-2-1-6(5-8(7)14)9-3-4-15-12-16-10(11(19)20)17-18(9)12/h1-2,5,9H,3-4H2,(H,19,20)(H,15,16,17). The zero-order valence-electron chi connectivity index (χ0n) is 10.2. The lowest BCUT2D eigenvalue weighted by Gasteiger charge is -2.24. The second kappa shape index (κ2) is 4.55. The topological polar surface area (TPSA) is 80.0 Å². The van der Waals surface area contributed by atoms with Crippen molar-refractivity contribution in [3.8, 4) is 0 Å². The third-order valence-corrected chi connectivity index (χ3v) is 3.15. The van der Waals surface area contributed by atoms with Crippen molar-refractivity contribution in [2.24, 2.45) is 0 Å². The molecule has 1 aliphatic heterocycles. The fourth-order valence-electron chi connectivity index (χ4n) is 2.22. The van der Waals surface area contributed by atoms with Crippen LogP contribution in [-0.2, 0) is 0 Å². The SMILES string of the molecule is O=C(O)c1nc2n(n1)C(c1ccc(F)c(F)c1)CCN2. The molecule has 3 rings (SSSR count). The maximum atomic E-state index is 13.3. The third-order valence-electron chi connectivity index (χ3n) is 3.15. The van der Waals surface area contributed by atoms with Crippen LogP contribution in [0.4, 0.5) is 14.7 Å². The lowest BCUT2D eigenvalue weighted by molar-refractivity contribution is 0.0683. The van der Waals surface area contributed by atoms with Crippen LogP contribution in [-0.4, -0.2) is 32.4 Å². The van der Waals surface area contributed by atoms with Crippen LogP contribution in [0.25, 0.3) is 0 Å². The van der Waals surface area contributed by atoms with Crippen LogP contribution in [0.1, 0.15) is 28.6 Å². The average Bonchev–Trinajstić information content (AvgIpc) is 2.86.